The largest absolute Gasteiger partial charge is 0.478 e. The Hall–Kier alpha value is -2.50. The molecule has 0 atom stereocenters. The van der Waals surface area contributed by atoms with Gasteiger partial charge in [0.2, 0.25) is 0 Å². The molecule has 2 aromatic heterocycles. The number of aryl methyl sites for hydroxylation is 2. The molecule has 6 heteroatoms. The van der Waals surface area contributed by atoms with Crippen LogP contribution in [0.2, 0.25) is 0 Å². The molecule has 0 aliphatic carbocycles. The van der Waals surface area contributed by atoms with Gasteiger partial charge in [-0.2, -0.15) is 0 Å². The van der Waals surface area contributed by atoms with E-state index >= 15 is 0 Å². The van der Waals surface area contributed by atoms with Crippen molar-refractivity contribution in [3.8, 4) is 0 Å². The van der Waals surface area contributed by atoms with Crippen molar-refractivity contribution in [3.63, 3.8) is 0 Å². The number of hydrogen-bond acceptors (Lipinski definition) is 4. The molecule has 22 heavy (non-hydrogen) atoms. The quantitative estimate of drug-likeness (QED) is 0.884. The summed E-state index contributed by atoms with van der Waals surface area (Å²) in [6.07, 6.45) is 0. The third kappa shape index (κ3) is 3.21. The van der Waals surface area contributed by atoms with E-state index in [0.717, 1.165) is 5.76 Å². The molecule has 2 aromatic rings. The molecule has 2 rings (SSSR count). The summed E-state index contributed by atoms with van der Waals surface area (Å²) in [6.45, 7) is 7.40. The highest BCUT2D eigenvalue weighted by Crippen LogP contribution is 2.22. The smallest absolute Gasteiger partial charge is 0.339 e. The van der Waals surface area contributed by atoms with E-state index in [0.29, 0.717) is 22.8 Å². The van der Waals surface area contributed by atoms with E-state index < -0.39 is 5.97 Å². The van der Waals surface area contributed by atoms with Crippen molar-refractivity contribution in [2.24, 2.45) is 0 Å². The Morgan fingerprint density at radius 2 is 1.77 bits per heavy atom. The van der Waals surface area contributed by atoms with Gasteiger partial charge in [0, 0.05) is 5.92 Å². The number of carboxylic acids is 1. The third-order valence-electron chi connectivity index (χ3n) is 3.37. The van der Waals surface area contributed by atoms with E-state index in [2.05, 4.69) is 5.32 Å². The number of aromatic carboxylic acids is 1. The Labute approximate surface area is 128 Å². The van der Waals surface area contributed by atoms with Gasteiger partial charge in [-0.05, 0) is 26.0 Å². The molecule has 0 saturated heterocycles. The summed E-state index contributed by atoms with van der Waals surface area (Å²) in [4.78, 5) is 23.1. The van der Waals surface area contributed by atoms with Crippen LogP contribution in [0, 0.1) is 13.8 Å². The van der Waals surface area contributed by atoms with E-state index in [4.69, 9.17) is 13.9 Å². The van der Waals surface area contributed by atoms with Crippen molar-refractivity contribution in [3.05, 3.63) is 46.3 Å². The lowest BCUT2D eigenvalue weighted by Gasteiger charge is -2.01. The number of nitrogens with one attached hydrogen (secondary N) is 1. The molecule has 0 fully saturated rings. The lowest BCUT2D eigenvalue weighted by atomic mass is 10.1. The van der Waals surface area contributed by atoms with Gasteiger partial charge < -0.3 is 19.3 Å². The molecule has 0 spiro atoms. The van der Waals surface area contributed by atoms with Gasteiger partial charge in [0.1, 0.15) is 28.6 Å². The van der Waals surface area contributed by atoms with E-state index in [1.807, 2.05) is 13.8 Å². The summed E-state index contributed by atoms with van der Waals surface area (Å²) in [5.41, 5.74) is 0.580. The summed E-state index contributed by atoms with van der Waals surface area (Å²) in [7, 11) is 0. The number of rotatable bonds is 5. The Morgan fingerprint density at radius 1 is 1.14 bits per heavy atom. The van der Waals surface area contributed by atoms with E-state index in [1.54, 1.807) is 19.9 Å². The summed E-state index contributed by atoms with van der Waals surface area (Å²) in [6, 6.07) is 3.14. The molecule has 0 aliphatic rings. The van der Waals surface area contributed by atoms with Gasteiger partial charge >= 0.3 is 5.97 Å². The number of carbonyl (C=O) groups excluding carboxylic acids is 1. The molecule has 0 bridgehead atoms. The lowest BCUT2D eigenvalue weighted by Crippen LogP contribution is -2.22. The first-order valence-corrected chi connectivity index (χ1v) is 7.00. The second kappa shape index (κ2) is 6.09. The van der Waals surface area contributed by atoms with Crippen LogP contribution in [0.25, 0.3) is 0 Å². The molecular formula is C16H19NO5. The summed E-state index contributed by atoms with van der Waals surface area (Å²) < 4.78 is 10.9. The van der Waals surface area contributed by atoms with Crippen LogP contribution >= 0.6 is 0 Å². The van der Waals surface area contributed by atoms with Gasteiger partial charge in [0.25, 0.3) is 5.91 Å². The zero-order valence-electron chi connectivity index (χ0n) is 13.0. The minimum atomic E-state index is -1.05. The van der Waals surface area contributed by atoms with E-state index in [9.17, 15) is 9.59 Å². The second-order valence-corrected chi connectivity index (χ2v) is 5.44. The topological polar surface area (TPSA) is 92.7 Å². The van der Waals surface area contributed by atoms with Crippen LogP contribution in [0.1, 0.15) is 63.5 Å². The Morgan fingerprint density at radius 3 is 2.27 bits per heavy atom. The standard InChI is InChI=1S/C16H19NO5/c1-8(2)14-6-12(9(3)22-14)15(18)17-7-11-5-13(16(19)20)10(4)21-11/h5-6,8H,7H2,1-4H3,(H,17,18)(H,19,20). The van der Waals surface area contributed by atoms with E-state index in [1.165, 1.54) is 6.07 Å². The fourth-order valence-corrected chi connectivity index (χ4v) is 2.12. The minimum absolute atomic E-state index is 0.103. The van der Waals surface area contributed by atoms with Crippen LogP contribution in [-0.2, 0) is 6.54 Å². The van der Waals surface area contributed by atoms with Crippen molar-refractivity contribution in [2.45, 2.75) is 40.2 Å². The van der Waals surface area contributed by atoms with E-state index in [-0.39, 0.29) is 23.9 Å². The van der Waals surface area contributed by atoms with Crippen molar-refractivity contribution < 1.29 is 23.5 Å². The molecule has 118 valence electrons. The number of furan rings is 2. The summed E-state index contributed by atoms with van der Waals surface area (Å²) in [5.74, 6) is 0.899. The molecule has 2 heterocycles. The Kier molecular flexibility index (Phi) is 4.40. The highest BCUT2D eigenvalue weighted by molar-refractivity contribution is 5.95. The van der Waals surface area contributed by atoms with Crippen LogP contribution in [-0.4, -0.2) is 17.0 Å². The fourth-order valence-electron chi connectivity index (χ4n) is 2.12. The highest BCUT2D eigenvalue weighted by atomic mass is 16.4. The molecule has 0 unspecified atom stereocenters. The number of hydrogen-bond donors (Lipinski definition) is 2. The van der Waals surface area contributed by atoms with Gasteiger partial charge in [-0.3, -0.25) is 4.79 Å². The minimum Gasteiger partial charge on any atom is -0.478 e. The van der Waals surface area contributed by atoms with Crippen LogP contribution < -0.4 is 5.32 Å². The van der Waals surface area contributed by atoms with Crippen molar-refractivity contribution >= 4 is 11.9 Å². The van der Waals surface area contributed by atoms with Crippen LogP contribution in [0.5, 0.6) is 0 Å². The predicted octanol–water partition coefficient (Wildman–Crippen LogP) is 3.24. The van der Waals surface area contributed by atoms with Crippen molar-refractivity contribution in [2.75, 3.05) is 0 Å². The number of amides is 1. The van der Waals surface area contributed by atoms with Crippen molar-refractivity contribution in [1.29, 1.82) is 0 Å². The first-order valence-electron chi connectivity index (χ1n) is 7.00. The zero-order valence-corrected chi connectivity index (χ0v) is 13.0. The fraction of sp³-hybridized carbons (Fsp3) is 0.375. The molecule has 0 aromatic carbocycles. The first kappa shape index (κ1) is 15.9. The number of carbonyl (C=O) groups is 2. The summed E-state index contributed by atoms with van der Waals surface area (Å²) in [5, 5.41) is 11.7. The highest BCUT2D eigenvalue weighted by Gasteiger charge is 2.18. The maximum atomic E-state index is 12.2. The molecular weight excluding hydrogens is 286 g/mol. The molecule has 0 saturated carbocycles. The average molecular weight is 305 g/mol. The van der Waals surface area contributed by atoms with Gasteiger partial charge in [0.15, 0.2) is 0 Å². The molecule has 6 nitrogen and oxygen atoms in total. The summed E-state index contributed by atoms with van der Waals surface area (Å²) >= 11 is 0. The second-order valence-electron chi connectivity index (χ2n) is 5.44. The molecule has 0 radical (unpaired) electrons. The van der Waals surface area contributed by atoms with Gasteiger partial charge in [-0.1, -0.05) is 13.8 Å². The zero-order chi connectivity index (χ0) is 16.4. The monoisotopic (exact) mass is 305 g/mol. The Balaban J connectivity index is 2.07. The molecule has 0 aliphatic heterocycles. The lowest BCUT2D eigenvalue weighted by molar-refractivity contribution is 0.0694. The third-order valence-corrected chi connectivity index (χ3v) is 3.37. The predicted molar refractivity (Wildman–Crippen MR) is 79.1 cm³/mol. The maximum Gasteiger partial charge on any atom is 0.339 e. The van der Waals surface area contributed by atoms with Crippen molar-refractivity contribution in [1.82, 2.24) is 5.32 Å². The van der Waals surface area contributed by atoms with Crippen LogP contribution in [0.3, 0.4) is 0 Å². The van der Waals surface area contributed by atoms with Gasteiger partial charge in [0.05, 0.1) is 12.1 Å². The Bertz CT molecular complexity index is 708. The van der Waals surface area contributed by atoms with Gasteiger partial charge in [-0.15, -0.1) is 0 Å². The molecule has 1 amide bonds. The average Bonchev–Trinajstić information content (AvgIpc) is 2.99. The normalized spacial score (nSPS) is 11.0. The molecule has 2 N–H and O–H groups in total. The SMILES string of the molecule is Cc1oc(CNC(=O)c2cc(C(C)C)oc2C)cc1C(=O)O. The van der Waals surface area contributed by atoms with Gasteiger partial charge in [-0.25, -0.2) is 4.79 Å². The maximum absolute atomic E-state index is 12.2. The first-order chi connectivity index (χ1) is 10.3. The van der Waals surface area contributed by atoms with Crippen LogP contribution in [0.4, 0.5) is 0 Å². The number of carboxylic acid groups (broad SMARTS) is 1. The van der Waals surface area contributed by atoms with Crippen LogP contribution in [0.15, 0.2) is 21.0 Å².